The molecule has 17 nitrogen and oxygen atoms in total. The molecule has 6 atom stereocenters. The van der Waals surface area contributed by atoms with E-state index >= 15 is 0 Å². The third-order valence-corrected chi connectivity index (χ3v) is 19.1. The Bertz CT molecular complexity index is 2720. The number of carbonyl (C=O) groups excluding carboxylic acids is 2. The summed E-state index contributed by atoms with van der Waals surface area (Å²) in [6, 6.07) is 17.0. The second-order valence-corrected chi connectivity index (χ2v) is 27.1. The normalized spacial score (nSPS) is 15.9. The first-order valence-corrected chi connectivity index (χ1v) is 36.4. The predicted molar refractivity (Wildman–Crippen MR) is 383 cm³/mol. The molecule has 504 valence electrons. The molecule has 0 spiro atoms. The first kappa shape index (κ1) is 82.5. The Hall–Kier alpha value is -4.51. The number of thiol groups is 1. The molecule has 4 rings (SSSR count). The monoisotopic (exact) mass is 1310 g/mol. The van der Waals surface area contributed by atoms with Crippen molar-refractivity contribution in [3.05, 3.63) is 99.2 Å². The Labute approximate surface area is 551 Å². The van der Waals surface area contributed by atoms with Crippen LogP contribution >= 0.6 is 24.2 Å². The van der Waals surface area contributed by atoms with E-state index in [2.05, 4.69) is 152 Å². The molecule has 0 saturated carbocycles. The summed E-state index contributed by atoms with van der Waals surface area (Å²) in [5, 5.41) is 13.7. The van der Waals surface area contributed by atoms with Crippen molar-refractivity contribution < 1.29 is 31.5 Å². The maximum absolute atomic E-state index is 12.4. The van der Waals surface area contributed by atoms with E-state index in [4.69, 9.17) is 22.2 Å². The zero-order chi connectivity index (χ0) is 66.7. The minimum absolute atomic E-state index is 0.0197. The van der Waals surface area contributed by atoms with Crippen molar-refractivity contribution in [3.8, 4) is 16.9 Å². The van der Waals surface area contributed by atoms with Gasteiger partial charge in [0, 0.05) is 104 Å². The van der Waals surface area contributed by atoms with Gasteiger partial charge in [0.05, 0.1) is 30.3 Å². The van der Waals surface area contributed by atoms with Gasteiger partial charge >= 0.3 is 0 Å². The molecule has 89 heavy (non-hydrogen) atoms. The van der Waals surface area contributed by atoms with Crippen molar-refractivity contribution in [2.75, 3.05) is 92.0 Å². The van der Waals surface area contributed by atoms with Gasteiger partial charge in [0.15, 0.2) is 0 Å². The number of nitrogens with one attached hydrogen (secondary N) is 3. The lowest BCUT2D eigenvalue weighted by molar-refractivity contribution is -0.109. The molecule has 1 amide bonds. The predicted octanol–water partition coefficient (Wildman–Crippen LogP) is 11.6. The van der Waals surface area contributed by atoms with Crippen molar-refractivity contribution >= 4 is 76.0 Å². The number of nitrogens with zero attached hydrogens (tertiary/aromatic N) is 6. The summed E-state index contributed by atoms with van der Waals surface area (Å²) in [4.78, 5) is 36.1. The van der Waals surface area contributed by atoms with Crippen molar-refractivity contribution in [2.45, 2.75) is 176 Å². The van der Waals surface area contributed by atoms with Crippen LogP contribution in [0.2, 0.25) is 5.02 Å². The Morgan fingerprint density at radius 2 is 1.56 bits per heavy atom. The fraction of sp³-hybridized carbons (Fsp3) is 0.632. The Morgan fingerprint density at radius 3 is 2.12 bits per heavy atom. The highest BCUT2D eigenvalue weighted by atomic mass is 35.5. The average Bonchev–Trinajstić information content (AvgIpc) is 2.32. The van der Waals surface area contributed by atoms with Crippen LogP contribution in [0.5, 0.6) is 5.75 Å². The third-order valence-electron chi connectivity index (χ3n) is 15.7. The van der Waals surface area contributed by atoms with E-state index in [0.29, 0.717) is 80.9 Å². The van der Waals surface area contributed by atoms with E-state index in [-0.39, 0.29) is 23.8 Å². The van der Waals surface area contributed by atoms with Crippen LogP contribution in [-0.4, -0.2) is 171 Å². The summed E-state index contributed by atoms with van der Waals surface area (Å²) >= 11 is 11.0. The van der Waals surface area contributed by atoms with Crippen LogP contribution in [0.4, 0.5) is 0 Å². The number of aldehydes is 1. The molecule has 0 bridgehead atoms. The number of halogens is 1. The molecule has 6 N–H and O–H groups in total. The lowest BCUT2D eigenvalue weighted by Gasteiger charge is -2.29. The third kappa shape index (κ3) is 33.1. The molecule has 1 aliphatic heterocycles. The maximum atomic E-state index is 12.4. The molecule has 21 heteroatoms. The fourth-order valence-electron chi connectivity index (χ4n) is 10.4. The van der Waals surface area contributed by atoms with Crippen LogP contribution in [0, 0.1) is 25.7 Å². The lowest BCUT2D eigenvalue weighted by Crippen LogP contribution is -2.41. The molecule has 3 aromatic rings. The number of nitrogens with two attached hydrogens (primary N) is 1. The largest absolute Gasteiger partial charge is 0.493 e. The van der Waals surface area contributed by atoms with Gasteiger partial charge in [-0.3, -0.25) is 38.2 Å². The zero-order valence-corrected chi connectivity index (χ0v) is 59.8. The Balaban J connectivity index is 0.00000161. The molecule has 1 heterocycles. The van der Waals surface area contributed by atoms with E-state index in [9.17, 15) is 26.8 Å². The number of hydrogen-bond acceptors (Lipinski definition) is 16. The second kappa shape index (κ2) is 48.3. The molecule has 0 aromatic heterocycles. The van der Waals surface area contributed by atoms with Crippen LogP contribution in [0.3, 0.4) is 0 Å². The molecule has 1 aliphatic rings. The molecule has 0 fully saturated rings. The summed E-state index contributed by atoms with van der Waals surface area (Å²) in [5.41, 5.74) is 10.4. The summed E-state index contributed by atoms with van der Waals surface area (Å²) in [6.45, 7) is 37.9. The molecule has 0 radical (unpaired) electrons. The highest BCUT2D eigenvalue weighted by Crippen LogP contribution is 2.34. The molecule has 3 aromatic carbocycles. The summed E-state index contributed by atoms with van der Waals surface area (Å²) in [5.74, 6) is 7.19. The van der Waals surface area contributed by atoms with Crippen molar-refractivity contribution in [1.29, 1.82) is 0 Å². The zero-order valence-electron chi connectivity index (χ0n) is 56.5. The number of carbonyl (C=O) groups is 2. The first-order valence-electron chi connectivity index (χ1n) is 32.4. The highest BCUT2D eigenvalue weighted by molar-refractivity contribution is 8.01. The standard InChI is InChI=1S/C51H74ClN7O6S3.C12H29N3.C3H6O.C2H6/c1-8-12-39(22-24-55-34-60)13-11-23-54-28-45(58-53)21-20-41-15-10-17-48(37(41)4)47-16-9-14-40(36(47)3)18-19-42-27-50(65-33-44-25-46(67(7)61)29-57-38(44)5)43(26-49(42)52)32-59(6)31-35(2)56-30-51(66)68(62,63)64;1-5-10-14(7-3)12-15(8-4)11-9-13-6-2;1-2-3-4;1-2/h9-10,14-17,26-29,34,38-39,44,46,51,56,66H,2,8,11-13,18-25,30-33,53H2,1,3-7H3,(H,55,60)(H,62,63,64);13H,5-12H2,1-4H3;3H,2H2,1H3;1-2H3/b54-28?,58-45-;;;/t38-,39?,44?,46?,51?,67?;;;/m1.../s1. The van der Waals surface area contributed by atoms with E-state index in [0.717, 1.165) is 114 Å². The maximum Gasteiger partial charge on any atom is 0.278 e. The van der Waals surface area contributed by atoms with Gasteiger partial charge in [-0.2, -0.15) is 26.1 Å². The summed E-state index contributed by atoms with van der Waals surface area (Å²) in [7, 11) is -3.42. The van der Waals surface area contributed by atoms with Crippen molar-refractivity contribution in [3.63, 3.8) is 0 Å². The van der Waals surface area contributed by atoms with Crippen LogP contribution in [0.15, 0.2) is 75.9 Å². The minimum Gasteiger partial charge on any atom is -0.493 e. The Morgan fingerprint density at radius 1 is 0.933 bits per heavy atom. The van der Waals surface area contributed by atoms with Gasteiger partial charge in [0.1, 0.15) is 16.6 Å². The quantitative estimate of drug-likeness (QED) is 0.00455. The van der Waals surface area contributed by atoms with Gasteiger partial charge < -0.3 is 31.3 Å². The van der Waals surface area contributed by atoms with Gasteiger partial charge in [0.25, 0.3) is 10.1 Å². The smallest absolute Gasteiger partial charge is 0.278 e. The number of likely N-dealkylation sites (N-methyl/N-ethyl adjacent to an activating group) is 3. The van der Waals surface area contributed by atoms with E-state index < -0.39 is 25.5 Å². The molecular formula is C68H115ClN10O7S3. The van der Waals surface area contributed by atoms with Crippen LogP contribution in [-0.2, 0) is 56.3 Å². The van der Waals surface area contributed by atoms with E-state index in [1.54, 1.807) is 6.26 Å². The van der Waals surface area contributed by atoms with Crippen molar-refractivity contribution in [2.24, 2.45) is 32.8 Å². The summed E-state index contributed by atoms with van der Waals surface area (Å²) in [6.07, 6.45) is 17.8. The van der Waals surface area contributed by atoms with Gasteiger partial charge in [-0.1, -0.05) is 123 Å². The number of hydrogen-bond donors (Lipinski definition) is 6. The molecule has 0 saturated heterocycles. The lowest BCUT2D eigenvalue weighted by atomic mass is 9.89. The van der Waals surface area contributed by atoms with Gasteiger partial charge in [-0.15, -0.1) is 0 Å². The highest BCUT2D eigenvalue weighted by Gasteiger charge is 2.28. The number of ether oxygens (including phenoxy) is 1. The topological polar surface area (TPSA) is 224 Å². The van der Waals surface area contributed by atoms with Crippen LogP contribution < -0.4 is 26.5 Å². The molecular weight excluding hydrogens is 1200 g/mol. The number of aliphatic imine (C=N–C) groups is 2. The molecule has 5 unspecified atom stereocenters. The second-order valence-electron chi connectivity index (χ2n) is 22.5. The number of rotatable bonds is 41. The number of amides is 1. The number of aryl methyl sites for hydroxylation is 3. The van der Waals surface area contributed by atoms with Gasteiger partial charge in [-0.05, 0) is 169 Å². The number of benzene rings is 3. The van der Waals surface area contributed by atoms with Crippen LogP contribution in [0.1, 0.15) is 153 Å². The van der Waals surface area contributed by atoms with Gasteiger partial charge in [0.2, 0.25) is 6.41 Å². The fourth-order valence-corrected chi connectivity index (χ4v) is 11.8. The first-order chi connectivity index (χ1) is 42.6. The van der Waals surface area contributed by atoms with Crippen LogP contribution in [0.25, 0.3) is 11.1 Å². The van der Waals surface area contributed by atoms with Crippen molar-refractivity contribution in [1.82, 2.24) is 30.7 Å². The minimum atomic E-state index is -4.30. The SMILES string of the molecule is C=C(CN(C)Cc1cc(Cl)c(CCc2cccc(-c3cccc(CC/C(C=NCCCC(CCC)CCNC=O)=N/N)c3C)c2C)cc1OCC1CC(S(C)=O)C=N[C@@H]1C)NCC(S)S(=O)(=O)O.CC.CCC=O.CCCN(CC)CN(CC)CCNCC. The van der Waals surface area contributed by atoms with E-state index in [1.807, 2.05) is 57.3 Å². The van der Waals surface area contributed by atoms with E-state index in [1.165, 1.54) is 46.3 Å². The van der Waals surface area contributed by atoms with Gasteiger partial charge in [-0.25, -0.2) is 0 Å². The Kier molecular flexibility index (Phi) is 44.7. The summed E-state index contributed by atoms with van der Waals surface area (Å²) < 4.78 is 49.9. The number of hydrazone groups is 1. The molecule has 0 aliphatic carbocycles. The average molecular weight is 1320 g/mol.